The van der Waals surface area contributed by atoms with Crippen molar-refractivity contribution in [1.82, 2.24) is 4.57 Å². The molecule has 0 saturated carbocycles. The maximum Gasteiger partial charge on any atom is 0.152 e. The highest BCUT2D eigenvalue weighted by molar-refractivity contribution is 5.85. The van der Waals surface area contributed by atoms with Gasteiger partial charge in [0.1, 0.15) is 11.6 Å². The number of rotatable bonds is 2. The van der Waals surface area contributed by atoms with Crippen LogP contribution in [0.15, 0.2) is 24.4 Å². The molecule has 1 aromatic heterocycles. The predicted octanol–water partition coefficient (Wildman–Crippen LogP) is 3.07. The number of carbonyl (C=O) groups is 1. The van der Waals surface area contributed by atoms with Crippen LogP contribution in [0.2, 0.25) is 0 Å². The summed E-state index contributed by atoms with van der Waals surface area (Å²) in [6.07, 6.45) is 1.60. The van der Waals surface area contributed by atoms with Gasteiger partial charge in [-0.3, -0.25) is 4.79 Å². The van der Waals surface area contributed by atoms with Gasteiger partial charge >= 0.3 is 0 Å². The van der Waals surface area contributed by atoms with Gasteiger partial charge in [-0.15, -0.1) is 0 Å². The Morgan fingerprint density at radius 1 is 1.38 bits per heavy atom. The van der Waals surface area contributed by atoms with Crippen LogP contribution < -0.4 is 0 Å². The van der Waals surface area contributed by atoms with Crippen LogP contribution in [0.4, 0.5) is 8.78 Å². The summed E-state index contributed by atoms with van der Waals surface area (Å²) in [5.41, 5.74) is 0.403. The summed E-state index contributed by atoms with van der Waals surface area (Å²) in [6, 6.07) is 3.20. The molecule has 84 valence electrons. The Hall–Kier alpha value is -1.71. The van der Waals surface area contributed by atoms with E-state index in [9.17, 15) is 13.6 Å². The molecule has 4 heteroatoms. The van der Waals surface area contributed by atoms with E-state index >= 15 is 0 Å². The predicted molar refractivity (Wildman–Crippen MR) is 57.2 cm³/mol. The number of hydrogen-bond donors (Lipinski definition) is 0. The van der Waals surface area contributed by atoms with Crippen molar-refractivity contribution in [1.29, 1.82) is 0 Å². The summed E-state index contributed by atoms with van der Waals surface area (Å²) in [5, 5.41) is 0.328. The van der Waals surface area contributed by atoms with Crippen molar-refractivity contribution in [2.45, 2.75) is 19.9 Å². The second kappa shape index (κ2) is 3.70. The number of nitrogens with zero attached hydrogens (tertiary/aromatic N) is 1. The van der Waals surface area contributed by atoms with Crippen molar-refractivity contribution < 1.29 is 13.6 Å². The number of aromatic nitrogens is 1. The van der Waals surface area contributed by atoms with E-state index in [0.29, 0.717) is 10.9 Å². The van der Waals surface area contributed by atoms with Crippen molar-refractivity contribution in [3.63, 3.8) is 0 Å². The molecule has 2 aromatic rings. The quantitative estimate of drug-likeness (QED) is 0.766. The number of Topliss-reactive ketones (excluding diaryl/α,β-unsaturated/α-hetero) is 1. The van der Waals surface area contributed by atoms with Gasteiger partial charge in [0, 0.05) is 17.6 Å². The van der Waals surface area contributed by atoms with Gasteiger partial charge < -0.3 is 4.57 Å². The molecule has 16 heavy (non-hydrogen) atoms. The highest BCUT2D eigenvalue weighted by Gasteiger charge is 2.14. The Morgan fingerprint density at radius 2 is 2.06 bits per heavy atom. The standard InChI is InChI=1S/C12H11F2NO/c1-7(8(2)16)15-4-3-10-11(14)5-9(13)6-12(10)15/h3-7H,1-2H3. The van der Waals surface area contributed by atoms with E-state index < -0.39 is 17.7 Å². The summed E-state index contributed by atoms with van der Waals surface area (Å²) >= 11 is 0. The molecule has 0 spiro atoms. The fraction of sp³-hybridized carbons (Fsp3) is 0.250. The summed E-state index contributed by atoms with van der Waals surface area (Å²) < 4.78 is 28.0. The smallest absolute Gasteiger partial charge is 0.152 e. The Morgan fingerprint density at radius 3 is 2.69 bits per heavy atom. The number of benzene rings is 1. The summed E-state index contributed by atoms with van der Waals surface area (Å²) in [4.78, 5) is 11.2. The minimum Gasteiger partial charge on any atom is -0.337 e. The lowest BCUT2D eigenvalue weighted by atomic mass is 10.2. The Labute approximate surface area is 91.5 Å². The average Bonchev–Trinajstić information content (AvgIpc) is 2.60. The summed E-state index contributed by atoms with van der Waals surface area (Å²) in [6.45, 7) is 3.15. The molecular formula is C12H11F2NO. The first-order valence-electron chi connectivity index (χ1n) is 4.96. The van der Waals surface area contributed by atoms with Gasteiger partial charge in [-0.1, -0.05) is 0 Å². The van der Waals surface area contributed by atoms with E-state index in [2.05, 4.69) is 0 Å². The highest BCUT2D eigenvalue weighted by atomic mass is 19.1. The molecule has 0 aliphatic heterocycles. The number of fused-ring (bicyclic) bond motifs is 1. The van der Waals surface area contributed by atoms with Crippen LogP contribution in [-0.4, -0.2) is 10.4 Å². The first-order chi connectivity index (χ1) is 7.50. The van der Waals surface area contributed by atoms with E-state index in [1.54, 1.807) is 23.8 Å². The van der Waals surface area contributed by atoms with Crippen molar-refractivity contribution in [2.75, 3.05) is 0 Å². The van der Waals surface area contributed by atoms with Gasteiger partial charge in [-0.25, -0.2) is 8.78 Å². The molecule has 1 heterocycles. The highest BCUT2D eigenvalue weighted by Crippen LogP contribution is 2.24. The van der Waals surface area contributed by atoms with Crippen molar-refractivity contribution >= 4 is 16.7 Å². The SMILES string of the molecule is CC(=O)C(C)n1ccc2c(F)cc(F)cc21. The summed E-state index contributed by atoms with van der Waals surface area (Å²) in [7, 11) is 0. The Balaban J connectivity index is 2.69. The van der Waals surface area contributed by atoms with E-state index in [0.717, 1.165) is 6.07 Å². The van der Waals surface area contributed by atoms with Crippen LogP contribution in [-0.2, 0) is 4.79 Å². The van der Waals surface area contributed by atoms with E-state index in [4.69, 9.17) is 0 Å². The van der Waals surface area contributed by atoms with Gasteiger partial charge in [0.2, 0.25) is 0 Å². The van der Waals surface area contributed by atoms with Crippen LogP contribution in [0.25, 0.3) is 10.9 Å². The molecule has 1 atom stereocenters. The molecule has 0 aliphatic carbocycles. The van der Waals surface area contributed by atoms with Crippen LogP contribution in [0.5, 0.6) is 0 Å². The average molecular weight is 223 g/mol. The lowest BCUT2D eigenvalue weighted by molar-refractivity contribution is -0.119. The number of hydrogen-bond acceptors (Lipinski definition) is 1. The molecule has 1 aromatic carbocycles. The Bertz CT molecular complexity index is 559. The third kappa shape index (κ3) is 1.60. The van der Waals surface area contributed by atoms with Gasteiger partial charge in [0.05, 0.1) is 11.6 Å². The second-order valence-corrected chi connectivity index (χ2v) is 3.83. The minimum absolute atomic E-state index is 0.0535. The first-order valence-corrected chi connectivity index (χ1v) is 4.96. The van der Waals surface area contributed by atoms with Crippen LogP contribution >= 0.6 is 0 Å². The lowest BCUT2D eigenvalue weighted by Crippen LogP contribution is -2.12. The molecule has 0 aliphatic rings. The third-order valence-corrected chi connectivity index (χ3v) is 2.76. The van der Waals surface area contributed by atoms with Gasteiger partial charge in [-0.05, 0) is 26.0 Å². The molecule has 0 bridgehead atoms. The van der Waals surface area contributed by atoms with E-state index in [-0.39, 0.29) is 5.78 Å². The van der Waals surface area contributed by atoms with E-state index in [1.165, 1.54) is 13.0 Å². The molecule has 2 rings (SSSR count). The number of ketones is 1. The zero-order valence-corrected chi connectivity index (χ0v) is 9.00. The van der Waals surface area contributed by atoms with Crippen molar-refractivity contribution in [3.8, 4) is 0 Å². The second-order valence-electron chi connectivity index (χ2n) is 3.83. The fourth-order valence-electron chi connectivity index (χ4n) is 1.72. The maximum atomic E-state index is 13.4. The molecule has 0 fully saturated rings. The Kier molecular flexibility index (Phi) is 2.50. The van der Waals surface area contributed by atoms with Gasteiger partial charge in [0.25, 0.3) is 0 Å². The topological polar surface area (TPSA) is 22.0 Å². The largest absolute Gasteiger partial charge is 0.337 e. The van der Waals surface area contributed by atoms with Crippen molar-refractivity contribution in [2.24, 2.45) is 0 Å². The molecule has 2 nitrogen and oxygen atoms in total. The molecule has 0 radical (unpaired) electrons. The van der Waals surface area contributed by atoms with Gasteiger partial charge in [-0.2, -0.15) is 0 Å². The fourth-order valence-corrected chi connectivity index (χ4v) is 1.72. The molecular weight excluding hydrogens is 212 g/mol. The number of carbonyl (C=O) groups excluding carboxylic acids is 1. The zero-order valence-electron chi connectivity index (χ0n) is 9.00. The minimum atomic E-state index is -0.638. The molecule has 0 amide bonds. The van der Waals surface area contributed by atoms with E-state index in [1.807, 2.05) is 0 Å². The van der Waals surface area contributed by atoms with Crippen LogP contribution in [0.3, 0.4) is 0 Å². The summed E-state index contributed by atoms with van der Waals surface area (Å²) in [5.74, 6) is -1.30. The zero-order chi connectivity index (χ0) is 11.9. The van der Waals surface area contributed by atoms with Crippen LogP contribution in [0, 0.1) is 11.6 Å². The monoisotopic (exact) mass is 223 g/mol. The normalized spacial score (nSPS) is 13.0. The maximum absolute atomic E-state index is 13.4. The molecule has 0 saturated heterocycles. The van der Waals surface area contributed by atoms with Crippen LogP contribution in [0.1, 0.15) is 19.9 Å². The molecule has 1 unspecified atom stereocenters. The number of halogens is 2. The third-order valence-electron chi connectivity index (χ3n) is 2.76. The first kappa shape index (κ1) is 10.8. The lowest BCUT2D eigenvalue weighted by Gasteiger charge is -2.11. The van der Waals surface area contributed by atoms with Crippen molar-refractivity contribution in [3.05, 3.63) is 36.0 Å². The molecule has 0 N–H and O–H groups in total. The van der Waals surface area contributed by atoms with Gasteiger partial charge in [0.15, 0.2) is 5.78 Å².